The van der Waals surface area contributed by atoms with Crippen molar-refractivity contribution in [1.82, 2.24) is 19.6 Å². The summed E-state index contributed by atoms with van der Waals surface area (Å²) in [6.45, 7) is 8.70. The maximum Gasteiger partial charge on any atom is 0.267 e. The van der Waals surface area contributed by atoms with Gasteiger partial charge < -0.3 is 0 Å². The van der Waals surface area contributed by atoms with Crippen LogP contribution in [0, 0.1) is 18.4 Å². The summed E-state index contributed by atoms with van der Waals surface area (Å²) in [4.78, 5) is 25.0. The SMILES string of the molecule is Cc1c(C(=O)Cn2nc(C#C[Si](C)(C)C)ccc2=O)cnn1Cc1ccccc1. The van der Waals surface area contributed by atoms with E-state index in [0.717, 1.165) is 11.3 Å². The van der Waals surface area contributed by atoms with Crippen molar-refractivity contribution in [3.8, 4) is 11.5 Å². The third kappa shape index (κ3) is 5.39. The molecule has 0 fully saturated rings. The molecule has 3 aromatic rings. The molecule has 0 unspecified atom stereocenters. The number of hydrogen-bond donors (Lipinski definition) is 0. The number of hydrogen-bond acceptors (Lipinski definition) is 4. The molecule has 6 nitrogen and oxygen atoms in total. The first kappa shape index (κ1) is 20.5. The number of ketones is 1. The third-order valence-electron chi connectivity index (χ3n) is 4.30. The predicted octanol–water partition coefficient (Wildman–Crippen LogP) is 2.91. The largest absolute Gasteiger partial charge is 0.292 e. The van der Waals surface area contributed by atoms with Crippen LogP contribution in [0.4, 0.5) is 0 Å². The normalized spacial score (nSPS) is 11.0. The summed E-state index contributed by atoms with van der Waals surface area (Å²) in [6.07, 6.45) is 1.56. The summed E-state index contributed by atoms with van der Waals surface area (Å²) in [7, 11) is -1.56. The van der Waals surface area contributed by atoms with E-state index in [-0.39, 0.29) is 17.9 Å². The molecule has 0 radical (unpaired) electrons. The molecular weight excluding hydrogens is 380 g/mol. The van der Waals surface area contributed by atoms with Crippen molar-refractivity contribution in [3.05, 3.63) is 81.5 Å². The van der Waals surface area contributed by atoms with Gasteiger partial charge in [-0.1, -0.05) is 55.9 Å². The molecule has 0 spiro atoms. The van der Waals surface area contributed by atoms with Crippen LogP contribution in [-0.2, 0) is 13.1 Å². The lowest BCUT2D eigenvalue weighted by Gasteiger charge is -2.07. The van der Waals surface area contributed by atoms with Gasteiger partial charge in [0.2, 0.25) is 0 Å². The van der Waals surface area contributed by atoms with Gasteiger partial charge in [-0.2, -0.15) is 10.2 Å². The monoisotopic (exact) mass is 404 g/mol. The lowest BCUT2D eigenvalue weighted by atomic mass is 10.1. The molecule has 148 valence electrons. The van der Waals surface area contributed by atoms with Crippen LogP contribution in [0.1, 0.15) is 27.3 Å². The van der Waals surface area contributed by atoms with E-state index in [9.17, 15) is 9.59 Å². The lowest BCUT2D eigenvalue weighted by Crippen LogP contribution is -2.27. The molecule has 0 bridgehead atoms. The van der Waals surface area contributed by atoms with Crippen LogP contribution in [0.2, 0.25) is 19.6 Å². The van der Waals surface area contributed by atoms with Gasteiger partial charge in [-0.3, -0.25) is 14.3 Å². The van der Waals surface area contributed by atoms with Crippen molar-refractivity contribution in [2.24, 2.45) is 0 Å². The van der Waals surface area contributed by atoms with Gasteiger partial charge in [0.05, 0.1) is 18.3 Å². The van der Waals surface area contributed by atoms with Gasteiger partial charge in [-0.15, -0.1) is 5.54 Å². The second-order valence-electron chi connectivity index (χ2n) is 7.92. The Morgan fingerprint density at radius 3 is 2.48 bits per heavy atom. The lowest BCUT2D eigenvalue weighted by molar-refractivity contribution is 0.0965. The van der Waals surface area contributed by atoms with Gasteiger partial charge in [-0.25, -0.2) is 4.68 Å². The number of benzene rings is 1. The maximum atomic E-state index is 12.8. The van der Waals surface area contributed by atoms with Crippen LogP contribution in [0.3, 0.4) is 0 Å². The van der Waals surface area contributed by atoms with Crippen LogP contribution < -0.4 is 5.56 Å². The van der Waals surface area contributed by atoms with Crippen LogP contribution in [0.25, 0.3) is 0 Å². The van der Waals surface area contributed by atoms with Gasteiger partial charge in [0.1, 0.15) is 20.3 Å². The molecule has 1 aromatic carbocycles. The van der Waals surface area contributed by atoms with Crippen molar-refractivity contribution in [2.75, 3.05) is 0 Å². The molecule has 0 atom stereocenters. The smallest absolute Gasteiger partial charge is 0.267 e. The molecular formula is C22H24N4O2Si. The number of Topliss-reactive ketones (excluding diaryl/α,β-unsaturated/α-hetero) is 1. The van der Waals surface area contributed by atoms with E-state index in [1.165, 1.54) is 10.7 Å². The number of carbonyl (C=O) groups excluding carboxylic acids is 1. The Morgan fingerprint density at radius 1 is 1.07 bits per heavy atom. The van der Waals surface area contributed by atoms with Crippen molar-refractivity contribution < 1.29 is 4.79 Å². The first-order valence-electron chi connectivity index (χ1n) is 9.44. The highest BCUT2D eigenvalue weighted by molar-refractivity contribution is 6.83. The molecule has 0 aliphatic rings. The molecule has 0 aliphatic carbocycles. The first-order valence-corrected chi connectivity index (χ1v) is 12.9. The van der Waals surface area contributed by atoms with E-state index < -0.39 is 8.07 Å². The Morgan fingerprint density at radius 2 is 1.79 bits per heavy atom. The van der Waals surface area contributed by atoms with E-state index in [2.05, 4.69) is 41.3 Å². The van der Waals surface area contributed by atoms with Gasteiger partial charge in [0.25, 0.3) is 5.56 Å². The van der Waals surface area contributed by atoms with Crippen LogP contribution in [0.15, 0.2) is 53.5 Å². The fraction of sp³-hybridized carbons (Fsp3) is 0.273. The van der Waals surface area contributed by atoms with Gasteiger partial charge in [0, 0.05) is 11.8 Å². The quantitative estimate of drug-likeness (QED) is 0.372. The Hall–Kier alpha value is -3.24. The zero-order valence-electron chi connectivity index (χ0n) is 17.1. The molecule has 2 aromatic heterocycles. The fourth-order valence-electron chi connectivity index (χ4n) is 2.74. The molecule has 29 heavy (non-hydrogen) atoms. The van der Waals surface area contributed by atoms with E-state index in [1.54, 1.807) is 16.9 Å². The number of aromatic nitrogens is 4. The number of carbonyl (C=O) groups is 1. The second-order valence-corrected chi connectivity index (χ2v) is 12.7. The molecule has 0 amide bonds. The van der Waals surface area contributed by atoms with Crippen molar-refractivity contribution >= 4 is 13.9 Å². The minimum Gasteiger partial charge on any atom is -0.292 e. The summed E-state index contributed by atoms with van der Waals surface area (Å²) in [5.74, 6) is 2.82. The molecule has 2 heterocycles. The average Bonchev–Trinajstić information content (AvgIpc) is 3.03. The highest BCUT2D eigenvalue weighted by atomic mass is 28.3. The van der Waals surface area contributed by atoms with Gasteiger partial charge >= 0.3 is 0 Å². The van der Waals surface area contributed by atoms with Crippen LogP contribution >= 0.6 is 0 Å². The summed E-state index contributed by atoms with van der Waals surface area (Å²) in [5, 5.41) is 8.59. The highest BCUT2D eigenvalue weighted by Crippen LogP contribution is 2.11. The summed E-state index contributed by atoms with van der Waals surface area (Å²) < 4.78 is 2.96. The molecule has 0 saturated carbocycles. The van der Waals surface area contributed by atoms with Gasteiger partial charge in [0.15, 0.2) is 5.78 Å². The van der Waals surface area contributed by atoms with Crippen molar-refractivity contribution in [1.29, 1.82) is 0 Å². The van der Waals surface area contributed by atoms with Crippen LogP contribution in [-0.4, -0.2) is 33.4 Å². The minimum absolute atomic E-state index is 0.140. The standard InChI is InChI=1S/C22H24N4O2Si/c1-17-20(14-23-25(17)15-18-8-6-5-7-9-18)21(27)16-26-22(28)11-10-19(24-26)12-13-29(2,3)4/h5-11,14H,15-16H2,1-4H3. The molecule has 0 aliphatic heterocycles. The maximum absolute atomic E-state index is 12.8. The summed E-state index contributed by atoms with van der Waals surface area (Å²) in [6, 6.07) is 12.9. The summed E-state index contributed by atoms with van der Waals surface area (Å²) in [5.41, 5.74) is 5.75. The number of nitrogens with zero attached hydrogens (tertiary/aromatic N) is 4. The fourth-order valence-corrected chi connectivity index (χ4v) is 3.24. The Kier molecular flexibility index (Phi) is 5.94. The second kappa shape index (κ2) is 8.41. The van der Waals surface area contributed by atoms with Crippen molar-refractivity contribution in [3.63, 3.8) is 0 Å². The van der Waals surface area contributed by atoms with E-state index in [0.29, 0.717) is 17.8 Å². The number of rotatable bonds is 5. The van der Waals surface area contributed by atoms with Crippen molar-refractivity contribution in [2.45, 2.75) is 39.7 Å². The third-order valence-corrected chi connectivity index (χ3v) is 5.18. The molecule has 3 rings (SSSR count). The molecule has 7 heteroatoms. The van der Waals surface area contributed by atoms with E-state index >= 15 is 0 Å². The first-order chi connectivity index (χ1) is 13.7. The van der Waals surface area contributed by atoms with E-state index in [1.807, 2.05) is 37.3 Å². The molecule has 0 saturated heterocycles. The predicted molar refractivity (Wildman–Crippen MR) is 116 cm³/mol. The average molecular weight is 405 g/mol. The summed E-state index contributed by atoms with van der Waals surface area (Å²) >= 11 is 0. The zero-order chi connectivity index (χ0) is 21.0. The molecule has 0 N–H and O–H groups in total. The Labute approximate surface area is 171 Å². The highest BCUT2D eigenvalue weighted by Gasteiger charge is 2.16. The Balaban J connectivity index is 1.80. The zero-order valence-corrected chi connectivity index (χ0v) is 18.1. The van der Waals surface area contributed by atoms with E-state index in [4.69, 9.17) is 0 Å². The minimum atomic E-state index is -1.56. The Bertz CT molecular complexity index is 1150. The van der Waals surface area contributed by atoms with Gasteiger partial charge in [-0.05, 0) is 18.6 Å². The topological polar surface area (TPSA) is 69.8 Å². The van der Waals surface area contributed by atoms with Crippen LogP contribution in [0.5, 0.6) is 0 Å².